The molecule has 0 saturated heterocycles. The van der Waals surface area contributed by atoms with Crippen LogP contribution in [0.15, 0.2) is 77.7 Å². The normalized spacial score (nSPS) is 11.2. The molecule has 160 valence electrons. The molecule has 4 aromatic rings. The van der Waals surface area contributed by atoms with Crippen molar-refractivity contribution in [1.29, 1.82) is 5.26 Å². The molecule has 0 spiro atoms. The van der Waals surface area contributed by atoms with Crippen molar-refractivity contribution < 1.29 is 23.1 Å². The first kappa shape index (κ1) is 21.2. The standard InChI is InChI=1S/C24H18N2O5S/c1-16-21(14-24(27)28)22-13-17(15-25)7-12-23(22)26(16)32(29,30)20-10-8-19(9-11-20)31-18-5-3-2-4-6-18/h2-13H,14H2,1H3,(H,27,28). The van der Waals surface area contributed by atoms with Gasteiger partial charge in [0.1, 0.15) is 11.5 Å². The molecule has 0 aliphatic heterocycles. The van der Waals surface area contributed by atoms with E-state index in [1.807, 2.05) is 24.3 Å². The number of hydrogen-bond donors (Lipinski definition) is 1. The van der Waals surface area contributed by atoms with Gasteiger partial charge in [0.2, 0.25) is 0 Å². The number of carboxylic acids is 1. The van der Waals surface area contributed by atoms with E-state index in [0.29, 0.717) is 39.2 Å². The van der Waals surface area contributed by atoms with Gasteiger partial charge in [-0.25, -0.2) is 12.4 Å². The summed E-state index contributed by atoms with van der Waals surface area (Å²) in [5.74, 6) is 0.0192. The van der Waals surface area contributed by atoms with Crippen LogP contribution in [0.1, 0.15) is 16.8 Å². The van der Waals surface area contributed by atoms with Crippen LogP contribution in [0.2, 0.25) is 0 Å². The molecule has 8 heteroatoms. The Kier molecular flexibility index (Phi) is 5.43. The number of benzene rings is 3. The van der Waals surface area contributed by atoms with Crippen LogP contribution >= 0.6 is 0 Å². The van der Waals surface area contributed by atoms with E-state index in [1.165, 1.54) is 30.3 Å². The molecule has 0 unspecified atom stereocenters. The van der Waals surface area contributed by atoms with E-state index < -0.39 is 16.0 Å². The topological polar surface area (TPSA) is 109 Å². The third-order valence-electron chi connectivity index (χ3n) is 5.08. The second-order valence-corrected chi connectivity index (χ2v) is 8.92. The number of aromatic nitrogens is 1. The Balaban J connectivity index is 1.80. The molecule has 1 N–H and O–H groups in total. The number of ether oxygens (including phenoxy) is 1. The zero-order valence-electron chi connectivity index (χ0n) is 17.0. The Morgan fingerprint density at radius 2 is 1.69 bits per heavy atom. The molecule has 3 aromatic carbocycles. The zero-order valence-corrected chi connectivity index (χ0v) is 17.8. The summed E-state index contributed by atoms with van der Waals surface area (Å²) in [7, 11) is -4.04. The number of para-hydroxylation sites is 1. The van der Waals surface area contributed by atoms with Gasteiger partial charge in [0, 0.05) is 11.1 Å². The van der Waals surface area contributed by atoms with Gasteiger partial charge < -0.3 is 9.84 Å². The van der Waals surface area contributed by atoms with Crippen LogP contribution in [0, 0.1) is 18.3 Å². The van der Waals surface area contributed by atoms with Crippen molar-refractivity contribution in [3.05, 3.63) is 89.6 Å². The lowest BCUT2D eigenvalue weighted by atomic mass is 10.1. The molecule has 0 fully saturated rings. The third-order valence-corrected chi connectivity index (χ3v) is 6.90. The fourth-order valence-corrected chi connectivity index (χ4v) is 5.20. The SMILES string of the molecule is Cc1c(CC(=O)O)c2cc(C#N)ccc2n1S(=O)(=O)c1ccc(Oc2ccccc2)cc1. The van der Waals surface area contributed by atoms with Gasteiger partial charge in [0.15, 0.2) is 0 Å². The number of hydrogen-bond acceptors (Lipinski definition) is 5. The Bertz CT molecular complexity index is 1470. The van der Waals surface area contributed by atoms with Gasteiger partial charge in [-0.2, -0.15) is 5.26 Å². The monoisotopic (exact) mass is 446 g/mol. The third kappa shape index (κ3) is 3.82. The summed E-state index contributed by atoms with van der Waals surface area (Å²) in [6.45, 7) is 1.56. The Morgan fingerprint density at radius 1 is 1.03 bits per heavy atom. The van der Waals surface area contributed by atoms with Gasteiger partial charge in [-0.1, -0.05) is 18.2 Å². The lowest BCUT2D eigenvalue weighted by Crippen LogP contribution is -2.15. The highest BCUT2D eigenvalue weighted by Gasteiger charge is 2.26. The zero-order chi connectivity index (χ0) is 22.9. The minimum Gasteiger partial charge on any atom is -0.481 e. The molecule has 0 aliphatic carbocycles. The number of nitriles is 1. The molecule has 7 nitrogen and oxygen atoms in total. The van der Waals surface area contributed by atoms with E-state index in [-0.39, 0.29) is 11.3 Å². The first-order valence-corrected chi connectivity index (χ1v) is 11.1. The van der Waals surface area contributed by atoms with Crippen LogP contribution < -0.4 is 4.74 Å². The molecule has 0 radical (unpaired) electrons. The largest absolute Gasteiger partial charge is 0.481 e. The Labute approximate surface area is 184 Å². The number of carbonyl (C=O) groups is 1. The highest BCUT2D eigenvalue weighted by atomic mass is 32.2. The van der Waals surface area contributed by atoms with Crippen molar-refractivity contribution in [2.45, 2.75) is 18.2 Å². The number of aliphatic carboxylic acids is 1. The van der Waals surface area contributed by atoms with Crippen molar-refractivity contribution in [1.82, 2.24) is 3.97 Å². The summed E-state index contributed by atoms with van der Waals surface area (Å²) < 4.78 is 33.9. The second-order valence-electron chi connectivity index (χ2n) is 7.13. The molecule has 32 heavy (non-hydrogen) atoms. The minimum absolute atomic E-state index is 0.0316. The van der Waals surface area contributed by atoms with Gasteiger partial charge in [0.05, 0.1) is 28.5 Å². The van der Waals surface area contributed by atoms with Gasteiger partial charge in [-0.05, 0) is 67.1 Å². The highest BCUT2D eigenvalue weighted by Crippen LogP contribution is 2.32. The van der Waals surface area contributed by atoms with Crippen molar-refractivity contribution in [2.75, 3.05) is 0 Å². The second kappa shape index (κ2) is 8.21. The van der Waals surface area contributed by atoms with Gasteiger partial charge >= 0.3 is 5.97 Å². The van der Waals surface area contributed by atoms with Gasteiger partial charge in [-0.3, -0.25) is 4.79 Å². The summed E-state index contributed by atoms with van der Waals surface area (Å²) in [6.07, 6.45) is -0.358. The number of fused-ring (bicyclic) bond motifs is 1. The van der Waals surface area contributed by atoms with Crippen molar-refractivity contribution in [3.63, 3.8) is 0 Å². The molecule has 1 heterocycles. The highest BCUT2D eigenvalue weighted by molar-refractivity contribution is 7.90. The quantitative estimate of drug-likeness (QED) is 0.468. The van der Waals surface area contributed by atoms with Crippen LogP contribution in [0.5, 0.6) is 11.5 Å². The molecular formula is C24H18N2O5S. The molecule has 0 atom stereocenters. The fourth-order valence-electron chi connectivity index (χ4n) is 3.62. The Morgan fingerprint density at radius 3 is 2.31 bits per heavy atom. The van der Waals surface area contributed by atoms with E-state index in [4.69, 9.17) is 4.74 Å². The van der Waals surface area contributed by atoms with E-state index >= 15 is 0 Å². The Hall–Kier alpha value is -4.09. The molecule has 0 saturated carbocycles. The molecule has 0 aliphatic rings. The van der Waals surface area contributed by atoms with E-state index in [9.17, 15) is 23.6 Å². The van der Waals surface area contributed by atoms with Crippen molar-refractivity contribution >= 4 is 26.9 Å². The molecule has 4 rings (SSSR count). The number of carboxylic acid groups (broad SMARTS) is 1. The summed E-state index contributed by atoms with van der Waals surface area (Å²) in [5.41, 5.74) is 1.29. The summed E-state index contributed by atoms with van der Waals surface area (Å²) in [5, 5.41) is 19.0. The predicted molar refractivity (Wildman–Crippen MR) is 118 cm³/mol. The van der Waals surface area contributed by atoms with E-state index in [0.717, 1.165) is 3.97 Å². The molecule has 0 bridgehead atoms. The lowest BCUT2D eigenvalue weighted by Gasteiger charge is -2.11. The maximum atomic E-state index is 13.5. The number of rotatable bonds is 6. The van der Waals surface area contributed by atoms with Crippen LogP contribution in [-0.4, -0.2) is 23.5 Å². The maximum Gasteiger partial charge on any atom is 0.307 e. The maximum absolute atomic E-state index is 13.5. The molecule has 1 aromatic heterocycles. The minimum atomic E-state index is -4.04. The summed E-state index contributed by atoms with van der Waals surface area (Å²) in [4.78, 5) is 11.4. The summed E-state index contributed by atoms with van der Waals surface area (Å²) in [6, 6.07) is 21.7. The first-order valence-electron chi connectivity index (χ1n) is 9.65. The van der Waals surface area contributed by atoms with Crippen LogP contribution in [0.25, 0.3) is 10.9 Å². The smallest absolute Gasteiger partial charge is 0.307 e. The van der Waals surface area contributed by atoms with Crippen LogP contribution in [-0.2, 0) is 21.2 Å². The average Bonchev–Trinajstić information content (AvgIpc) is 3.05. The van der Waals surface area contributed by atoms with E-state index in [1.54, 1.807) is 31.2 Å². The number of nitrogens with zero attached hydrogens (tertiary/aromatic N) is 2. The molecular weight excluding hydrogens is 428 g/mol. The van der Waals surface area contributed by atoms with Gasteiger partial charge in [0.25, 0.3) is 10.0 Å². The van der Waals surface area contributed by atoms with Gasteiger partial charge in [-0.15, -0.1) is 0 Å². The van der Waals surface area contributed by atoms with Crippen LogP contribution in [0.4, 0.5) is 0 Å². The molecule has 0 amide bonds. The fraction of sp³-hybridized carbons (Fsp3) is 0.0833. The van der Waals surface area contributed by atoms with E-state index in [2.05, 4.69) is 0 Å². The first-order chi connectivity index (χ1) is 15.3. The lowest BCUT2D eigenvalue weighted by molar-refractivity contribution is -0.136. The van der Waals surface area contributed by atoms with Crippen molar-refractivity contribution in [3.8, 4) is 17.6 Å². The predicted octanol–water partition coefficient (Wildman–Crippen LogP) is 4.48. The average molecular weight is 446 g/mol. The van der Waals surface area contributed by atoms with Crippen LogP contribution in [0.3, 0.4) is 0 Å². The van der Waals surface area contributed by atoms with Crippen molar-refractivity contribution in [2.24, 2.45) is 0 Å². The summed E-state index contributed by atoms with van der Waals surface area (Å²) >= 11 is 0.